The molecule has 0 aliphatic carbocycles. The summed E-state index contributed by atoms with van der Waals surface area (Å²) in [7, 11) is 0. The predicted octanol–water partition coefficient (Wildman–Crippen LogP) is 3.57. The molecule has 2 aromatic rings. The maximum atomic E-state index is 12.8. The smallest absolute Gasteiger partial charge is 0.123 e. The second kappa shape index (κ2) is 6.67. The number of rotatable bonds is 5. The molecule has 0 bridgehead atoms. The summed E-state index contributed by atoms with van der Waals surface area (Å²) in [5.41, 5.74) is 2.09. The van der Waals surface area contributed by atoms with Gasteiger partial charge in [-0.05, 0) is 23.3 Å². The predicted molar refractivity (Wildman–Crippen MR) is 72.7 cm³/mol. The van der Waals surface area contributed by atoms with Gasteiger partial charge in [0.15, 0.2) is 0 Å². The number of halogens is 1. The van der Waals surface area contributed by atoms with Gasteiger partial charge in [-0.25, -0.2) is 4.39 Å². The Morgan fingerprint density at radius 1 is 1.05 bits per heavy atom. The van der Waals surface area contributed by atoms with Crippen LogP contribution in [0.5, 0.6) is 0 Å². The number of hydrogen-bond donors (Lipinski definition) is 1. The third-order valence-electron chi connectivity index (χ3n) is 2.96. The lowest BCUT2D eigenvalue weighted by Crippen LogP contribution is -2.20. The highest BCUT2D eigenvalue weighted by atomic mass is 19.1. The first kappa shape index (κ1) is 13.3. The summed E-state index contributed by atoms with van der Waals surface area (Å²) >= 11 is 0. The summed E-state index contributed by atoms with van der Waals surface area (Å²) in [6, 6.07) is 18.4. The molecule has 0 aliphatic heterocycles. The van der Waals surface area contributed by atoms with Gasteiger partial charge in [0.1, 0.15) is 5.82 Å². The first-order valence-corrected chi connectivity index (χ1v) is 6.19. The largest absolute Gasteiger partial charge is 0.305 e. The number of nitrogens with one attached hydrogen (secondary N) is 1. The second-order valence-electron chi connectivity index (χ2n) is 4.33. The van der Waals surface area contributed by atoms with Crippen molar-refractivity contribution in [3.05, 3.63) is 71.5 Å². The minimum Gasteiger partial charge on any atom is -0.305 e. The van der Waals surface area contributed by atoms with Gasteiger partial charge in [0.2, 0.25) is 0 Å². The second-order valence-corrected chi connectivity index (χ2v) is 4.33. The minimum absolute atomic E-state index is 0.00347. The van der Waals surface area contributed by atoms with Gasteiger partial charge < -0.3 is 5.32 Å². The minimum atomic E-state index is -0.236. The molecule has 0 aliphatic rings. The molecule has 1 unspecified atom stereocenters. The Hall–Kier alpha value is -2.18. The fourth-order valence-corrected chi connectivity index (χ4v) is 1.93. The van der Waals surface area contributed by atoms with Crippen LogP contribution in [0.1, 0.15) is 23.6 Å². The molecule has 3 heteroatoms. The van der Waals surface area contributed by atoms with Crippen LogP contribution in [0.2, 0.25) is 0 Å². The van der Waals surface area contributed by atoms with Crippen LogP contribution in [-0.4, -0.2) is 0 Å². The Morgan fingerprint density at radius 3 is 2.37 bits per heavy atom. The third kappa shape index (κ3) is 3.90. The van der Waals surface area contributed by atoms with Crippen molar-refractivity contribution in [2.75, 3.05) is 0 Å². The summed E-state index contributed by atoms with van der Waals surface area (Å²) in [4.78, 5) is 0. The van der Waals surface area contributed by atoms with Crippen molar-refractivity contribution in [3.63, 3.8) is 0 Å². The highest BCUT2D eigenvalue weighted by Crippen LogP contribution is 2.16. The van der Waals surface area contributed by atoms with E-state index >= 15 is 0 Å². The summed E-state index contributed by atoms with van der Waals surface area (Å²) < 4.78 is 12.8. The van der Waals surface area contributed by atoms with Crippen molar-refractivity contribution in [1.29, 1.82) is 5.26 Å². The van der Waals surface area contributed by atoms with E-state index < -0.39 is 0 Å². The summed E-state index contributed by atoms with van der Waals surface area (Å²) in [6.07, 6.45) is 0.408. The van der Waals surface area contributed by atoms with Crippen molar-refractivity contribution in [3.8, 4) is 6.07 Å². The highest BCUT2D eigenvalue weighted by molar-refractivity contribution is 5.21. The Kier molecular flexibility index (Phi) is 4.66. The molecule has 0 saturated heterocycles. The van der Waals surface area contributed by atoms with Crippen LogP contribution in [0.4, 0.5) is 4.39 Å². The van der Waals surface area contributed by atoms with Gasteiger partial charge >= 0.3 is 0 Å². The average Bonchev–Trinajstić information content (AvgIpc) is 2.46. The van der Waals surface area contributed by atoms with Gasteiger partial charge in [0.25, 0.3) is 0 Å². The SMILES string of the molecule is N#CCC(NCc1ccc(F)cc1)c1ccccc1. The van der Waals surface area contributed by atoms with E-state index in [1.807, 2.05) is 30.3 Å². The Labute approximate surface area is 112 Å². The van der Waals surface area contributed by atoms with Crippen LogP contribution in [0.25, 0.3) is 0 Å². The molecular weight excluding hydrogens is 239 g/mol. The van der Waals surface area contributed by atoms with E-state index in [4.69, 9.17) is 5.26 Å². The molecule has 96 valence electrons. The Bertz CT molecular complexity index is 543. The van der Waals surface area contributed by atoms with Gasteiger partial charge in [-0.15, -0.1) is 0 Å². The zero-order valence-electron chi connectivity index (χ0n) is 10.5. The molecule has 19 heavy (non-hydrogen) atoms. The Balaban J connectivity index is 2.02. The lowest BCUT2D eigenvalue weighted by atomic mass is 10.0. The Morgan fingerprint density at radius 2 is 1.74 bits per heavy atom. The van der Waals surface area contributed by atoms with Gasteiger partial charge in [-0.1, -0.05) is 42.5 Å². The summed E-state index contributed by atoms with van der Waals surface area (Å²) in [6.45, 7) is 0.613. The monoisotopic (exact) mass is 254 g/mol. The molecule has 0 saturated carbocycles. The standard InChI is InChI=1S/C16H15FN2/c17-15-8-6-13(7-9-15)12-19-16(10-11-18)14-4-2-1-3-5-14/h1-9,16,19H,10,12H2. The maximum absolute atomic E-state index is 12.8. The van der Waals surface area contributed by atoms with E-state index in [2.05, 4.69) is 11.4 Å². The van der Waals surface area contributed by atoms with E-state index in [0.717, 1.165) is 11.1 Å². The molecule has 2 rings (SSSR count). The van der Waals surface area contributed by atoms with E-state index in [1.165, 1.54) is 12.1 Å². The van der Waals surface area contributed by atoms with Crippen LogP contribution >= 0.6 is 0 Å². The molecular formula is C16H15FN2. The molecule has 0 aromatic heterocycles. The van der Waals surface area contributed by atoms with Crippen molar-refractivity contribution < 1.29 is 4.39 Å². The maximum Gasteiger partial charge on any atom is 0.123 e. The number of hydrogen-bond acceptors (Lipinski definition) is 2. The lowest BCUT2D eigenvalue weighted by Gasteiger charge is -2.16. The first-order valence-electron chi connectivity index (χ1n) is 6.19. The van der Waals surface area contributed by atoms with Crippen molar-refractivity contribution in [2.24, 2.45) is 0 Å². The molecule has 1 atom stereocenters. The molecule has 0 amide bonds. The van der Waals surface area contributed by atoms with E-state index in [0.29, 0.717) is 13.0 Å². The molecule has 0 fully saturated rings. The number of nitrogens with zero attached hydrogens (tertiary/aromatic N) is 1. The normalized spacial score (nSPS) is 11.8. The number of benzene rings is 2. The summed E-state index contributed by atoms with van der Waals surface area (Å²) in [5, 5.41) is 12.2. The molecule has 0 heterocycles. The lowest BCUT2D eigenvalue weighted by molar-refractivity contribution is 0.541. The van der Waals surface area contributed by atoms with Gasteiger partial charge in [-0.2, -0.15) is 5.26 Å². The van der Waals surface area contributed by atoms with Crippen LogP contribution in [0, 0.1) is 17.1 Å². The summed E-state index contributed by atoms with van der Waals surface area (Å²) in [5.74, 6) is -0.236. The zero-order chi connectivity index (χ0) is 13.5. The van der Waals surface area contributed by atoms with Crippen LogP contribution in [0.15, 0.2) is 54.6 Å². The highest BCUT2D eigenvalue weighted by Gasteiger charge is 2.09. The number of nitriles is 1. The fourth-order valence-electron chi connectivity index (χ4n) is 1.93. The first-order chi connectivity index (χ1) is 9.29. The van der Waals surface area contributed by atoms with Crippen molar-refractivity contribution in [1.82, 2.24) is 5.32 Å². The quantitative estimate of drug-likeness (QED) is 0.885. The van der Waals surface area contributed by atoms with E-state index in [1.54, 1.807) is 12.1 Å². The van der Waals surface area contributed by atoms with E-state index in [9.17, 15) is 4.39 Å². The molecule has 2 aromatic carbocycles. The van der Waals surface area contributed by atoms with Gasteiger partial charge in [0, 0.05) is 12.6 Å². The van der Waals surface area contributed by atoms with Gasteiger partial charge in [0.05, 0.1) is 12.5 Å². The van der Waals surface area contributed by atoms with Crippen LogP contribution in [-0.2, 0) is 6.54 Å². The van der Waals surface area contributed by atoms with Crippen molar-refractivity contribution >= 4 is 0 Å². The molecule has 1 N–H and O–H groups in total. The van der Waals surface area contributed by atoms with Gasteiger partial charge in [-0.3, -0.25) is 0 Å². The zero-order valence-corrected chi connectivity index (χ0v) is 10.5. The average molecular weight is 254 g/mol. The topological polar surface area (TPSA) is 35.8 Å². The molecule has 2 nitrogen and oxygen atoms in total. The van der Waals surface area contributed by atoms with Crippen LogP contribution < -0.4 is 5.32 Å². The molecule has 0 radical (unpaired) electrons. The molecule has 0 spiro atoms. The fraction of sp³-hybridized carbons (Fsp3) is 0.188. The van der Waals surface area contributed by atoms with E-state index in [-0.39, 0.29) is 11.9 Å². The van der Waals surface area contributed by atoms with Crippen molar-refractivity contribution in [2.45, 2.75) is 19.0 Å². The third-order valence-corrected chi connectivity index (χ3v) is 2.96. The van der Waals surface area contributed by atoms with Crippen LogP contribution in [0.3, 0.4) is 0 Å².